The van der Waals surface area contributed by atoms with E-state index in [1.807, 2.05) is 0 Å². The van der Waals surface area contributed by atoms with Crippen LogP contribution >= 0.6 is 0 Å². The standard InChI is InChI=1S/C32H60B/c1-5-13-21-29(22-14-6-1)33(30-23-15-7-2-8-16-24-30,31-25-17-9-3-10-18-26-31)32-27-19-11-4-12-20-28-32/h29-32H,1-28H2/q-1. The van der Waals surface area contributed by atoms with Gasteiger partial charge in [-0.2, -0.15) is 23.3 Å². The zero-order valence-corrected chi connectivity index (χ0v) is 22.7. The van der Waals surface area contributed by atoms with Crippen molar-refractivity contribution in [1.82, 2.24) is 0 Å². The van der Waals surface area contributed by atoms with Crippen molar-refractivity contribution >= 4 is 6.15 Å². The molecule has 0 aromatic carbocycles. The maximum Gasteiger partial charge on any atom is 0.0131 e. The second-order valence-corrected chi connectivity index (χ2v) is 13.6. The van der Waals surface area contributed by atoms with E-state index >= 15 is 0 Å². The van der Waals surface area contributed by atoms with Gasteiger partial charge in [0.05, 0.1) is 0 Å². The molecule has 4 fully saturated rings. The molecule has 4 aliphatic carbocycles. The third-order valence-electron chi connectivity index (χ3n) is 11.9. The van der Waals surface area contributed by atoms with Crippen molar-refractivity contribution in [2.75, 3.05) is 0 Å². The third-order valence-corrected chi connectivity index (χ3v) is 11.9. The summed E-state index contributed by atoms with van der Waals surface area (Å²) in [4.78, 5) is 0. The fraction of sp³-hybridized carbons (Fsp3) is 1.00. The molecular formula is C32H60B-. The van der Waals surface area contributed by atoms with Gasteiger partial charge in [-0.25, -0.2) is 0 Å². The summed E-state index contributed by atoms with van der Waals surface area (Å²) in [5.41, 5.74) is 0. The minimum absolute atomic E-state index is 0.243. The highest BCUT2D eigenvalue weighted by atomic mass is 14.3. The quantitative estimate of drug-likeness (QED) is 0.370. The van der Waals surface area contributed by atoms with Crippen LogP contribution in [0, 0.1) is 0 Å². The summed E-state index contributed by atoms with van der Waals surface area (Å²) in [6.07, 6.45) is 43.8. The predicted octanol–water partition coefficient (Wildman–Crippen LogP) is 11.9. The Morgan fingerprint density at radius 1 is 0.212 bits per heavy atom. The number of hydrogen-bond acceptors (Lipinski definition) is 0. The van der Waals surface area contributed by atoms with Crippen LogP contribution in [0.1, 0.15) is 180 Å². The van der Waals surface area contributed by atoms with Crippen LogP contribution in [-0.2, 0) is 0 Å². The molecule has 0 heterocycles. The molecule has 4 saturated carbocycles. The second kappa shape index (κ2) is 14.6. The summed E-state index contributed by atoms with van der Waals surface area (Å²) >= 11 is 0. The molecule has 0 aromatic rings. The lowest BCUT2D eigenvalue weighted by Gasteiger charge is -2.64. The van der Waals surface area contributed by atoms with Crippen molar-refractivity contribution in [3.05, 3.63) is 0 Å². The fourth-order valence-electron chi connectivity index (χ4n) is 10.6. The van der Waals surface area contributed by atoms with Crippen LogP contribution in [-0.4, -0.2) is 6.15 Å². The highest BCUT2D eigenvalue weighted by molar-refractivity contribution is 6.85. The van der Waals surface area contributed by atoms with Gasteiger partial charge < -0.3 is 0 Å². The summed E-state index contributed by atoms with van der Waals surface area (Å²) in [7, 11) is 0. The molecule has 4 aliphatic rings. The van der Waals surface area contributed by atoms with E-state index in [0.29, 0.717) is 0 Å². The highest BCUT2D eigenvalue weighted by Crippen LogP contribution is 2.62. The average molecular weight is 456 g/mol. The molecule has 0 bridgehead atoms. The van der Waals surface area contributed by atoms with Gasteiger partial charge in [-0.05, 0) is 0 Å². The van der Waals surface area contributed by atoms with Crippen LogP contribution in [0.2, 0.25) is 23.3 Å². The Balaban J connectivity index is 1.74. The van der Waals surface area contributed by atoms with Gasteiger partial charge in [-0.15, -0.1) is 0 Å². The monoisotopic (exact) mass is 455 g/mol. The molecule has 0 atom stereocenters. The molecule has 192 valence electrons. The van der Waals surface area contributed by atoms with Crippen molar-refractivity contribution in [2.24, 2.45) is 0 Å². The van der Waals surface area contributed by atoms with E-state index in [9.17, 15) is 0 Å². The van der Waals surface area contributed by atoms with Gasteiger partial charge in [0.15, 0.2) is 0 Å². The van der Waals surface area contributed by atoms with Crippen LogP contribution in [0.25, 0.3) is 0 Å². The van der Waals surface area contributed by atoms with Gasteiger partial charge in [0, 0.05) is 6.15 Å². The van der Waals surface area contributed by atoms with Gasteiger partial charge >= 0.3 is 0 Å². The maximum atomic E-state index is 1.63. The van der Waals surface area contributed by atoms with E-state index in [4.69, 9.17) is 0 Å². The van der Waals surface area contributed by atoms with Crippen LogP contribution in [0.5, 0.6) is 0 Å². The molecule has 0 nitrogen and oxygen atoms in total. The Hall–Kier alpha value is 0.0649. The van der Waals surface area contributed by atoms with E-state index in [0.717, 1.165) is 23.3 Å². The molecule has 0 aliphatic heterocycles. The highest BCUT2D eigenvalue weighted by Gasteiger charge is 2.47. The first-order chi connectivity index (χ1) is 16.4. The molecule has 33 heavy (non-hydrogen) atoms. The lowest BCUT2D eigenvalue weighted by Crippen LogP contribution is -2.54. The average Bonchev–Trinajstić information content (AvgIpc) is 2.71. The predicted molar refractivity (Wildman–Crippen MR) is 150 cm³/mol. The van der Waals surface area contributed by atoms with Gasteiger partial charge in [0.25, 0.3) is 0 Å². The van der Waals surface area contributed by atoms with Gasteiger partial charge in [-0.1, -0.05) is 180 Å². The van der Waals surface area contributed by atoms with E-state index in [1.54, 1.807) is 154 Å². The first-order valence-corrected chi connectivity index (χ1v) is 16.6. The topological polar surface area (TPSA) is 0 Å². The molecule has 0 unspecified atom stereocenters. The van der Waals surface area contributed by atoms with E-state index < -0.39 is 0 Å². The molecule has 4 rings (SSSR count). The smallest absolute Gasteiger partial charge is 0.0131 e. The Bertz CT molecular complexity index is 387. The molecular weight excluding hydrogens is 395 g/mol. The Morgan fingerprint density at radius 2 is 0.364 bits per heavy atom. The molecule has 0 radical (unpaired) electrons. The molecule has 0 saturated heterocycles. The minimum atomic E-state index is -0.243. The lowest BCUT2D eigenvalue weighted by molar-refractivity contribution is 0.401. The summed E-state index contributed by atoms with van der Waals surface area (Å²) in [5.74, 6) is 4.51. The van der Waals surface area contributed by atoms with Gasteiger partial charge in [0.1, 0.15) is 0 Å². The summed E-state index contributed by atoms with van der Waals surface area (Å²) in [6.45, 7) is 0. The zero-order valence-electron chi connectivity index (χ0n) is 22.7. The third kappa shape index (κ3) is 7.06. The van der Waals surface area contributed by atoms with E-state index in [-0.39, 0.29) is 6.15 Å². The largest absolute Gasteiger partial charge is 0.166 e. The summed E-state index contributed by atoms with van der Waals surface area (Å²) < 4.78 is 0. The number of rotatable bonds is 4. The normalized spacial score (nSPS) is 28.4. The first-order valence-electron chi connectivity index (χ1n) is 16.6. The van der Waals surface area contributed by atoms with Crippen LogP contribution < -0.4 is 0 Å². The van der Waals surface area contributed by atoms with Crippen LogP contribution in [0.4, 0.5) is 0 Å². The van der Waals surface area contributed by atoms with Crippen LogP contribution in [0.15, 0.2) is 0 Å². The first kappa shape index (κ1) is 26.1. The molecule has 0 amide bonds. The minimum Gasteiger partial charge on any atom is -0.166 e. The van der Waals surface area contributed by atoms with Gasteiger partial charge in [0.2, 0.25) is 0 Å². The molecule has 0 aromatic heterocycles. The van der Waals surface area contributed by atoms with Crippen molar-refractivity contribution in [1.29, 1.82) is 0 Å². The maximum absolute atomic E-state index is 1.63. The summed E-state index contributed by atoms with van der Waals surface area (Å²) in [5, 5.41) is 0. The molecule has 0 N–H and O–H groups in total. The molecule has 1 heteroatoms. The SMILES string of the molecule is C1CCCC([B-](C2CCCCCCC2)(C2CCCCCCC2)C2CCCCCCC2)CCC1. The van der Waals surface area contributed by atoms with E-state index in [2.05, 4.69) is 0 Å². The summed E-state index contributed by atoms with van der Waals surface area (Å²) in [6, 6.07) is 0. The molecule has 0 spiro atoms. The van der Waals surface area contributed by atoms with Crippen molar-refractivity contribution < 1.29 is 0 Å². The fourth-order valence-corrected chi connectivity index (χ4v) is 10.6. The lowest BCUT2D eigenvalue weighted by atomic mass is 9.02. The second-order valence-electron chi connectivity index (χ2n) is 13.6. The van der Waals surface area contributed by atoms with Gasteiger partial charge in [-0.3, -0.25) is 0 Å². The Morgan fingerprint density at radius 3 is 0.545 bits per heavy atom. The van der Waals surface area contributed by atoms with E-state index in [1.165, 1.54) is 25.7 Å². The van der Waals surface area contributed by atoms with Crippen molar-refractivity contribution in [3.8, 4) is 0 Å². The Labute approximate surface area is 209 Å². The van der Waals surface area contributed by atoms with Crippen LogP contribution in [0.3, 0.4) is 0 Å². The van der Waals surface area contributed by atoms with Crippen molar-refractivity contribution in [2.45, 2.75) is 203 Å². The van der Waals surface area contributed by atoms with Crippen molar-refractivity contribution in [3.63, 3.8) is 0 Å². The Kier molecular flexibility index (Phi) is 11.5. The number of hydrogen-bond donors (Lipinski definition) is 0. The zero-order chi connectivity index (χ0) is 22.6.